The smallest absolute Gasteiger partial charge is 0.119 e. The van der Waals surface area contributed by atoms with E-state index in [0.29, 0.717) is 6.42 Å². The molecule has 1 aromatic carbocycles. The van der Waals surface area contributed by atoms with E-state index in [1.807, 2.05) is 35.7 Å². The summed E-state index contributed by atoms with van der Waals surface area (Å²) in [4.78, 5) is 0. The number of ether oxygens (including phenoxy) is 1. The monoisotopic (exact) mass is 312 g/mol. The minimum Gasteiger partial charge on any atom is -0.497 e. The average molecular weight is 313 g/mol. The van der Waals surface area contributed by atoms with Crippen LogP contribution in [0.4, 0.5) is 0 Å². The van der Waals surface area contributed by atoms with Gasteiger partial charge < -0.3 is 9.84 Å². The van der Waals surface area contributed by atoms with Crippen LogP contribution < -0.4 is 4.74 Å². The van der Waals surface area contributed by atoms with Crippen molar-refractivity contribution in [1.82, 2.24) is 0 Å². The van der Waals surface area contributed by atoms with Gasteiger partial charge in [-0.25, -0.2) is 0 Å². The van der Waals surface area contributed by atoms with Gasteiger partial charge in [-0.05, 0) is 50.6 Å². The van der Waals surface area contributed by atoms with Gasteiger partial charge in [-0.15, -0.1) is 11.3 Å². The van der Waals surface area contributed by atoms with Crippen LogP contribution in [0.5, 0.6) is 5.75 Å². The number of hydrogen-bond donors (Lipinski definition) is 1. The van der Waals surface area contributed by atoms with E-state index in [2.05, 4.69) is 15.9 Å². The predicted molar refractivity (Wildman–Crippen MR) is 73.7 cm³/mol. The molecule has 0 aliphatic carbocycles. The Morgan fingerprint density at radius 2 is 2.24 bits per heavy atom. The average Bonchev–Trinajstić information content (AvgIpc) is 2.76. The maximum Gasteiger partial charge on any atom is 0.119 e. The molecule has 1 aromatic heterocycles. The normalized spacial score (nSPS) is 12.4. The van der Waals surface area contributed by atoms with Gasteiger partial charge in [0, 0.05) is 6.42 Å². The largest absolute Gasteiger partial charge is 0.497 e. The molecule has 2 nitrogen and oxygen atoms in total. The van der Waals surface area contributed by atoms with Gasteiger partial charge in [0.1, 0.15) is 5.75 Å². The molecule has 0 aliphatic rings. The van der Waals surface area contributed by atoms with Gasteiger partial charge in [-0.1, -0.05) is 12.1 Å². The first kappa shape index (κ1) is 12.6. The van der Waals surface area contributed by atoms with Gasteiger partial charge in [0.15, 0.2) is 0 Å². The molecule has 0 amide bonds. The van der Waals surface area contributed by atoms with Crippen LogP contribution in [0.3, 0.4) is 0 Å². The third-order valence-corrected chi connectivity index (χ3v) is 4.06. The van der Waals surface area contributed by atoms with Crippen molar-refractivity contribution in [3.05, 3.63) is 50.6 Å². The zero-order valence-electron chi connectivity index (χ0n) is 9.39. The maximum atomic E-state index is 10.1. The molecule has 0 radical (unpaired) electrons. The Hall–Kier alpha value is -0.840. The Morgan fingerprint density at radius 3 is 2.88 bits per heavy atom. The first-order chi connectivity index (χ1) is 8.19. The summed E-state index contributed by atoms with van der Waals surface area (Å²) in [6.45, 7) is 0. The standard InChI is InChI=1S/C13H13BrO2S/c1-16-11-4-2-3-9(5-11)6-12(15)10-7-13(14)17-8-10/h2-5,7-8,12,15H,6H2,1H3. The molecular weight excluding hydrogens is 300 g/mol. The van der Waals surface area contributed by atoms with E-state index < -0.39 is 6.10 Å². The van der Waals surface area contributed by atoms with Crippen LogP contribution in [-0.2, 0) is 6.42 Å². The van der Waals surface area contributed by atoms with E-state index in [0.717, 1.165) is 20.7 Å². The molecule has 1 unspecified atom stereocenters. The highest BCUT2D eigenvalue weighted by Gasteiger charge is 2.10. The molecule has 90 valence electrons. The van der Waals surface area contributed by atoms with E-state index >= 15 is 0 Å². The lowest BCUT2D eigenvalue weighted by molar-refractivity contribution is 0.179. The van der Waals surface area contributed by atoms with Crippen LogP contribution in [0.1, 0.15) is 17.2 Å². The number of thiophene rings is 1. The predicted octanol–water partition coefficient (Wildman–Crippen LogP) is 3.80. The number of aliphatic hydroxyl groups is 1. The van der Waals surface area contributed by atoms with Gasteiger partial charge in [-0.2, -0.15) is 0 Å². The van der Waals surface area contributed by atoms with Gasteiger partial charge in [0.05, 0.1) is 17.0 Å². The number of aliphatic hydroxyl groups excluding tert-OH is 1. The van der Waals surface area contributed by atoms with Gasteiger partial charge in [0.2, 0.25) is 0 Å². The molecule has 1 heterocycles. The van der Waals surface area contributed by atoms with Crippen molar-refractivity contribution in [2.75, 3.05) is 7.11 Å². The van der Waals surface area contributed by atoms with Crippen LogP contribution in [0.25, 0.3) is 0 Å². The SMILES string of the molecule is COc1cccc(CC(O)c2csc(Br)c2)c1. The summed E-state index contributed by atoms with van der Waals surface area (Å²) in [5.74, 6) is 0.821. The highest BCUT2D eigenvalue weighted by molar-refractivity contribution is 9.11. The van der Waals surface area contributed by atoms with Crippen LogP contribution in [0, 0.1) is 0 Å². The molecule has 1 N–H and O–H groups in total. The molecule has 2 rings (SSSR count). The van der Waals surface area contributed by atoms with Crippen molar-refractivity contribution >= 4 is 27.3 Å². The summed E-state index contributed by atoms with van der Waals surface area (Å²) in [5, 5.41) is 12.1. The fourth-order valence-electron chi connectivity index (χ4n) is 1.64. The Labute approximate surface area is 113 Å². The van der Waals surface area contributed by atoms with Crippen molar-refractivity contribution in [2.24, 2.45) is 0 Å². The first-order valence-corrected chi connectivity index (χ1v) is 6.91. The molecule has 0 saturated carbocycles. The summed E-state index contributed by atoms with van der Waals surface area (Å²) >= 11 is 4.98. The second-order valence-corrected chi connectivity index (χ2v) is 6.05. The van der Waals surface area contributed by atoms with Crippen molar-refractivity contribution in [2.45, 2.75) is 12.5 Å². The third-order valence-electron chi connectivity index (χ3n) is 2.54. The molecule has 0 aliphatic heterocycles. The number of hydrogen-bond acceptors (Lipinski definition) is 3. The van der Waals surface area contributed by atoms with E-state index in [4.69, 9.17) is 4.74 Å². The molecule has 17 heavy (non-hydrogen) atoms. The summed E-state index contributed by atoms with van der Waals surface area (Å²) < 4.78 is 6.20. The number of halogens is 1. The van der Waals surface area contributed by atoms with E-state index in [9.17, 15) is 5.11 Å². The summed E-state index contributed by atoms with van der Waals surface area (Å²) in [6, 6.07) is 9.73. The zero-order valence-corrected chi connectivity index (χ0v) is 11.8. The van der Waals surface area contributed by atoms with E-state index in [1.165, 1.54) is 0 Å². The number of benzene rings is 1. The van der Waals surface area contributed by atoms with Crippen molar-refractivity contribution in [3.8, 4) is 5.75 Å². The highest BCUT2D eigenvalue weighted by Crippen LogP contribution is 2.27. The Bertz CT molecular complexity index is 496. The molecule has 0 fully saturated rings. The number of methoxy groups -OCH3 is 1. The van der Waals surface area contributed by atoms with Crippen LogP contribution in [-0.4, -0.2) is 12.2 Å². The minimum atomic E-state index is -0.468. The van der Waals surface area contributed by atoms with Crippen LogP contribution in [0.15, 0.2) is 39.5 Å². The fraction of sp³-hybridized carbons (Fsp3) is 0.231. The van der Waals surface area contributed by atoms with Crippen LogP contribution >= 0.6 is 27.3 Å². The second-order valence-electron chi connectivity index (χ2n) is 3.76. The molecule has 1 atom stereocenters. The molecule has 4 heteroatoms. The third kappa shape index (κ3) is 3.31. The Kier molecular flexibility index (Phi) is 4.20. The summed E-state index contributed by atoms with van der Waals surface area (Å²) in [6.07, 6.45) is 0.130. The fourth-order valence-corrected chi connectivity index (χ4v) is 2.86. The molecule has 0 spiro atoms. The van der Waals surface area contributed by atoms with Crippen molar-refractivity contribution in [1.29, 1.82) is 0 Å². The second kappa shape index (κ2) is 5.67. The maximum absolute atomic E-state index is 10.1. The van der Waals surface area contributed by atoms with Crippen molar-refractivity contribution < 1.29 is 9.84 Å². The molecule has 0 saturated heterocycles. The zero-order chi connectivity index (χ0) is 12.3. The quantitative estimate of drug-likeness (QED) is 0.930. The van der Waals surface area contributed by atoms with Crippen LogP contribution in [0.2, 0.25) is 0 Å². The van der Waals surface area contributed by atoms with E-state index in [-0.39, 0.29) is 0 Å². The lowest BCUT2D eigenvalue weighted by atomic mass is 10.0. The molecule has 0 bridgehead atoms. The van der Waals surface area contributed by atoms with E-state index in [1.54, 1.807) is 18.4 Å². The summed E-state index contributed by atoms with van der Waals surface area (Å²) in [5.41, 5.74) is 2.02. The summed E-state index contributed by atoms with van der Waals surface area (Å²) in [7, 11) is 1.64. The topological polar surface area (TPSA) is 29.5 Å². The number of rotatable bonds is 4. The molecular formula is C13H13BrO2S. The van der Waals surface area contributed by atoms with Gasteiger partial charge in [-0.3, -0.25) is 0 Å². The molecule has 2 aromatic rings. The lowest BCUT2D eigenvalue weighted by Crippen LogP contribution is -2.00. The van der Waals surface area contributed by atoms with Gasteiger partial charge >= 0.3 is 0 Å². The van der Waals surface area contributed by atoms with Crippen molar-refractivity contribution in [3.63, 3.8) is 0 Å². The van der Waals surface area contributed by atoms with Gasteiger partial charge in [0.25, 0.3) is 0 Å². The lowest BCUT2D eigenvalue weighted by Gasteiger charge is -2.09. The highest BCUT2D eigenvalue weighted by atomic mass is 79.9. The minimum absolute atomic E-state index is 0.468. The Balaban J connectivity index is 2.09. The Morgan fingerprint density at radius 1 is 1.41 bits per heavy atom. The first-order valence-electron chi connectivity index (χ1n) is 5.24.